The Morgan fingerprint density at radius 3 is 2.91 bits per heavy atom. The number of amides is 1. The van der Waals surface area contributed by atoms with Crippen molar-refractivity contribution in [3.63, 3.8) is 0 Å². The van der Waals surface area contributed by atoms with Crippen LogP contribution in [-0.4, -0.2) is 43.3 Å². The number of aromatic nitrogens is 3. The molecule has 0 saturated heterocycles. The van der Waals surface area contributed by atoms with Crippen LogP contribution in [0.15, 0.2) is 9.90 Å². The second kappa shape index (κ2) is 5.86. The largest absolute Gasteiger partial charge is 0.505 e. The van der Waals surface area contributed by atoms with E-state index in [2.05, 4.69) is 15.1 Å². The maximum absolute atomic E-state index is 12.0. The summed E-state index contributed by atoms with van der Waals surface area (Å²) in [6, 6.07) is 0. The number of nitrogens with one attached hydrogen (secondary N) is 1. The number of aryl methyl sites for hydroxylation is 2. The molecule has 0 atom stereocenters. The molecule has 8 nitrogen and oxygen atoms in total. The van der Waals surface area contributed by atoms with Gasteiger partial charge in [0, 0.05) is 32.6 Å². The Bertz CT molecular complexity index is 849. The van der Waals surface area contributed by atoms with Crippen LogP contribution in [0.25, 0.3) is 11.2 Å². The van der Waals surface area contributed by atoms with Crippen LogP contribution in [0.2, 0.25) is 0 Å². The van der Waals surface area contributed by atoms with E-state index < -0.39 is 0 Å². The number of carbonyl (C=O) groups excluding carboxylic acids is 1. The monoisotopic (exact) mass is 317 g/mol. The zero-order valence-electron chi connectivity index (χ0n) is 13.2. The van der Waals surface area contributed by atoms with Gasteiger partial charge in [-0.15, -0.1) is 0 Å². The van der Waals surface area contributed by atoms with Gasteiger partial charge in [-0.05, 0) is 19.8 Å². The fourth-order valence-corrected chi connectivity index (χ4v) is 2.69. The summed E-state index contributed by atoms with van der Waals surface area (Å²) in [6.45, 7) is 2.11. The van der Waals surface area contributed by atoms with E-state index in [0.717, 1.165) is 0 Å². The zero-order valence-corrected chi connectivity index (χ0v) is 13.2. The van der Waals surface area contributed by atoms with E-state index in [1.165, 1.54) is 9.58 Å². The summed E-state index contributed by atoms with van der Waals surface area (Å²) >= 11 is 0. The molecule has 2 aromatic heterocycles. The number of hydrogen-bond donors (Lipinski definition) is 2. The number of fused-ring (bicyclic) bond motifs is 1. The van der Waals surface area contributed by atoms with E-state index in [4.69, 9.17) is 0 Å². The molecule has 0 spiro atoms. The molecule has 3 heterocycles. The van der Waals surface area contributed by atoms with Gasteiger partial charge >= 0.3 is 0 Å². The maximum atomic E-state index is 12.0. The summed E-state index contributed by atoms with van der Waals surface area (Å²) in [7, 11) is 1.63. The minimum atomic E-state index is -0.263. The van der Waals surface area contributed by atoms with Crippen molar-refractivity contribution < 1.29 is 9.90 Å². The molecule has 0 bridgehead atoms. The summed E-state index contributed by atoms with van der Waals surface area (Å²) in [5.74, 6) is 0.648. The Kier molecular flexibility index (Phi) is 3.89. The average Bonchev–Trinajstić information content (AvgIpc) is 2.97. The molecule has 2 aromatic rings. The van der Waals surface area contributed by atoms with Crippen molar-refractivity contribution in [2.75, 3.05) is 6.54 Å². The number of aromatic hydroxyl groups is 1. The lowest BCUT2D eigenvalue weighted by atomic mass is 10.2. The first-order chi connectivity index (χ1) is 11.0. The van der Waals surface area contributed by atoms with Crippen molar-refractivity contribution in [2.24, 2.45) is 12.1 Å². The molecule has 0 aliphatic carbocycles. The van der Waals surface area contributed by atoms with Gasteiger partial charge in [0.05, 0.1) is 5.56 Å². The van der Waals surface area contributed by atoms with Gasteiger partial charge in [-0.25, -0.2) is 9.99 Å². The number of aromatic amines is 1. The zero-order chi connectivity index (χ0) is 16.6. The summed E-state index contributed by atoms with van der Waals surface area (Å²) in [4.78, 5) is 31.1. The average molecular weight is 317 g/mol. The van der Waals surface area contributed by atoms with Gasteiger partial charge in [-0.2, -0.15) is 5.10 Å². The Balaban J connectivity index is 1.77. The van der Waals surface area contributed by atoms with Crippen LogP contribution in [0.3, 0.4) is 0 Å². The number of H-pyrrole nitrogens is 1. The second-order valence-electron chi connectivity index (χ2n) is 5.68. The van der Waals surface area contributed by atoms with E-state index in [1.807, 2.05) is 0 Å². The van der Waals surface area contributed by atoms with Crippen LogP contribution >= 0.6 is 0 Å². The summed E-state index contributed by atoms with van der Waals surface area (Å²) in [5.41, 5.74) is 0.927. The topological polar surface area (TPSA) is 104 Å². The third-order valence-electron chi connectivity index (χ3n) is 4.05. The van der Waals surface area contributed by atoms with E-state index in [1.54, 1.807) is 20.2 Å². The number of nitrogens with zero attached hydrogens (tertiary/aromatic N) is 4. The smallest absolute Gasteiger partial charge is 0.258 e. The molecule has 122 valence electrons. The van der Waals surface area contributed by atoms with E-state index >= 15 is 0 Å². The highest BCUT2D eigenvalue weighted by molar-refractivity contribution is 5.82. The highest BCUT2D eigenvalue weighted by Gasteiger charge is 2.17. The highest BCUT2D eigenvalue weighted by Crippen LogP contribution is 2.23. The lowest BCUT2D eigenvalue weighted by molar-refractivity contribution is -0.131. The van der Waals surface area contributed by atoms with Gasteiger partial charge < -0.3 is 10.1 Å². The fourth-order valence-electron chi connectivity index (χ4n) is 2.69. The predicted molar refractivity (Wildman–Crippen MR) is 85.5 cm³/mol. The number of rotatable bonds is 4. The Morgan fingerprint density at radius 2 is 2.17 bits per heavy atom. The first-order valence-electron chi connectivity index (χ1n) is 7.59. The SMILES string of the molecule is Cc1c(O)c2[nH]c(CCCN3N=CCCC3=O)nc2n(C)c1=O. The van der Waals surface area contributed by atoms with E-state index in [-0.39, 0.29) is 17.2 Å². The minimum absolute atomic E-state index is 0.0350. The molecule has 1 aliphatic heterocycles. The van der Waals surface area contributed by atoms with Gasteiger partial charge in [-0.3, -0.25) is 14.2 Å². The third-order valence-corrected chi connectivity index (χ3v) is 4.05. The molecule has 8 heteroatoms. The lowest BCUT2D eigenvalue weighted by Crippen LogP contribution is -2.29. The molecule has 1 amide bonds. The molecule has 23 heavy (non-hydrogen) atoms. The van der Waals surface area contributed by atoms with Crippen LogP contribution in [0.5, 0.6) is 5.75 Å². The second-order valence-corrected chi connectivity index (χ2v) is 5.68. The molecule has 3 rings (SSSR count). The molecular weight excluding hydrogens is 298 g/mol. The van der Waals surface area contributed by atoms with Crippen molar-refractivity contribution in [2.45, 2.75) is 32.6 Å². The van der Waals surface area contributed by atoms with Gasteiger partial charge in [0.2, 0.25) is 5.91 Å². The first kappa shape index (κ1) is 15.3. The van der Waals surface area contributed by atoms with Crippen LogP contribution in [0.4, 0.5) is 0 Å². The van der Waals surface area contributed by atoms with Crippen LogP contribution in [-0.2, 0) is 18.3 Å². The highest BCUT2D eigenvalue weighted by atomic mass is 16.3. The molecule has 0 radical (unpaired) electrons. The number of hydrogen-bond acceptors (Lipinski definition) is 5. The number of imidazole rings is 1. The number of carbonyl (C=O) groups is 1. The predicted octanol–water partition coefficient (Wildman–Crippen LogP) is 0.816. The van der Waals surface area contributed by atoms with Gasteiger partial charge in [0.25, 0.3) is 5.56 Å². The maximum Gasteiger partial charge on any atom is 0.258 e. The van der Waals surface area contributed by atoms with Crippen LogP contribution in [0, 0.1) is 6.92 Å². The molecule has 0 aromatic carbocycles. The molecular formula is C15H19N5O3. The minimum Gasteiger partial charge on any atom is -0.505 e. The molecule has 1 aliphatic rings. The summed E-state index contributed by atoms with van der Waals surface area (Å²) in [6.07, 6.45) is 4.24. The molecule has 2 N–H and O–H groups in total. The molecule has 0 fully saturated rings. The number of hydrazone groups is 1. The molecule has 0 saturated carbocycles. The fraction of sp³-hybridized carbons (Fsp3) is 0.467. The first-order valence-corrected chi connectivity index (χ1v) is 7.59. The molecule has 0 unspecified atom stereocenters. The van der Waals surface area contributed by atoms with E-state index in [0.29, 0.717) is 54.8 Å². The van der Waals surface area contributed by atoms with E-state index in [9.17, 15) is 14.7 Å². The summed E-state index contributed by atoms with van der Waals surface area (Å²) in [5, 5.41) is 15.6. The summed E-state index contributed by atoms with van der Waals surface area (Å²) < 4.78 is 1.42. The quantitative estimate of drug-likeness (QED) is 0.871. The van der Waals surface area contributed by atoms with Gasteiger partial charge in [-0.1, -0.05) is 0 Å². The van der Waals surface area contributed by atoms with Gasteiger partial charge in [0.1, 0.15) is 11.3 Å². The van der Waals surface area contributed by atoms with Crippen LogP contribution in [0.1, 0.15) is 30.7 Å². The third kappa shape index (κ3) is 2.71. The Morgan fingerprint density at radius 1 is 1.39 bits per heavy atom. The van der Waals surface area contributed by atoms with Crippen molar-refractivity contribution in [1.29, 1.82) is 0 Å². The number of pyridine rings is 1. The normalized spacial score (nSPS) is 14.9. The van der Waals surface area contributed by atoms with Crippen LogP contribution < -0.4 is 5.56 Å². The van der Waals surface area contributed by atoms with Crippen molar-refractivity contribution >= 4 is 23.3 Å². The standard InChI is InChI=1S/C15H19N5O3/c1-9-13(22)12-14(19(2)15(9)23)18-10(17-12)5-4-8-20-11(21)6-3-7-16-20/h7,22H,3-6,8H2,1-2H3,(H,17,18). The van der Waals surface area contributed by atoms with Gasteiger partial charge in [0.15, 0.2) is 11.4 Å². The Labute approximate surface area is 132 Å². The van der Waals surface area contributed by atoms with Crippen molar-refractivity contribution in [1.82, 2.24) is 19.5 Å². The van der Waals surface area contributed by atoms with Crippen molar-refractivity contribution in [3.8, 4) is 5.75 Å². The Hall–Kier alpha value is -2.64. The lowest BCUT2D eigenvalue weighted by Gasteiger charge is -2.19. The van der Waals surface area contributed by atoms with Crippen molar-refractivity contribution in [3.05, 3.63) is 21.7 Å².